The fourth-order valence-electron chi connectivity index (χ4n) is 2.63. The van der Waals surface area contributed by atoms with Crippen molar-refractivity contribution in [2.75, 3.05) is 13.2 Å². The normalized spacial score (nSPS) is 13.5. The van der Waals surface area contributed by atoms with Crippen LogP contribution in [0.15, 0.2) is 0 Å². The van der Waals surface area contributed by atoms with Crippen molar-refractivity contribution in [2.24, 2.45) is 11.8 Å². The Bertz CT molecular complexity index is 271. The van der Waals surface area contributed by atoms with Gasteiger partial charge < -0.3 is 9.47 Å². The standard InChI is InChI=1S/C18H34O4/c1-5-15(17(19)21-7-3)13-11-9-10-12-14-16(6-2)18(20)22-8-4/h15-16H,5-14H2,1-4H3. The highest BCUT2D eigenvalue weighted by molar-refractivity contribution is 5.72. The summed E-state index contributed by atoms with van der Waals surface area (Å²) in [6, 6.07) is 0. The van der Waals surface area contributed by atoms with Crippen LogP contribution in [0.3, 0.4) is 0 Å². The van der Waals surface area contributed by atoms with Crippen LogP contribution < -0.4 is 0 Å². The van der Waals surface area contributed by atoms with Crippen LogP contribution in [0.2, 0.25) is 0 Å². The first-order valence-corrected chi connectivity index (χ1v) is 8.93. The van der Waals surface area contributed by atoms with Crippen LogP contribution in [0.5, 0.6) is 0 Å². The third kappa shape index (κ3) is 9.06. The van der Waals surface area contributed by atoms with Gasteiger partial charge in [-0.05, 0) is 39.5 Å². The molecule has 0 spiro atoms. The van der Waals surface area contributed by atoms with E-state index in [0.29, 0.717) is 13.2 Å². The average molecular weight is 314 g/mol. The topological polar surface area (TPSA) is 52.6 Å². The lowest BCUT2D eigenvalue weighted by Crippen LogP contribution is -2.17. The van der Waals surface area contributed by atoms with Crippen molar-refractivity contribution in [1.29, 1.82) is 0 Å². The lowest BCUT2D eigenvalue weighted by molar-refractivity contribution is -0.149. The van der Waals surface area contributed by atoms with Gasteiger partial charge in [0.1, 0.15) is 0 Å². The van der Waals surface area contributed by atoms with Gasteiger partial charge in [-0.3, -0.25) is 9.59 Å². The molecule has 0 aromatic carbocycles. The van der Waals surface area contributed by atoms with E-state index >= 15 is 0 Å². The lowest BCUT2D eigenvalue weighted by atomic mass is 9.95. The number of ether oxygens (including phenoxy) is 2. The maximum atomic E-state index is 11.7. The van der Waals surface area contributed by atoms with Crippen LogP contribution >= 0.6 is 0 Å². The maximum Gasteiger partial charge on any atom is 0.308 e. The zero-order valence-corrected chi connectivity index (χ0v) is 14.9. The number of carbonyl (C=O) groups is 2. The first-order valence-electron chi connectivity index (χ1n) is 8.93. The Kier molecular flexibility index (Phi) is 12.9. The zero-order valence-electron chi connectivity index (χ0n) is 14.9. The second-order valence-corrected chi connectivity index (χ2v) is 5.71. The molecule has 0 aliphatic carbocycles. The van der Waals surface area contributed by atoms with Gasteiger partial charge in [-0.2, -0.15) is 0 Å². The third-order valence-corrected chi connectivity index (χ3v) is 4.08. The van der Waals surface area contributed by atoms with Crippen LogP contribution in [0, 0.1) is 11.8 Å². The molecule has 0 amide bonds. The van der Waals surface area contributed by atoms with Gasteiger partial charge in [0.15, 0.2) is 0 Å². The van der Waals surface area contributed by atoms with E-state index in [2.05, 4.69) is 0 Å². The molecule has 0 aromatic heterocycles. The summed E-state index contributed by atoms with van der Waals surface area (Å²) in [4.78, 5) is 23.4. The monoisotopic (exact) mass is 314 g/mol. The van der Waals surface area contributed by atoms with Crippen molar-refractivity contribution >= 4 is 11.9 Å². The molecule has 2 unspecified atom stereocenters. The fourth-order valence-corrected chi connectivity index (χ4v) is 2.63. The summed E-state index contributed by atoms with van der Waals surface area (Å²) in [5.74, 6) is -0.0255. The molecule has 0 saturated carbocycles. The maximum absolute atomic E-state index is 11.7. The Morgan fingerprint density at radius 1 is 0.682 bits per heavy atom. The van der Waals surface area contributed by atoms with Crippen LogP contribution in [0.1, 0.15) is 79.1 Å². The van der Waals surface area contributed by atoms with Crippen LogP contribution in [-0.4, -0.2) is 25.2 Å². The number of hydrogen-bond acceptors (Lipinski definition) is 4. The molecule has 0 aromatic rings. The smallest absolute Gasteiger partial charge is 0.308 e. The summed E-state index contributed by atoms with van der Waals surface area (Å²) in [5, 5.41) is 0. The molecule has 0 aliphatic rings. The molecule has 0 bridgehead atoms. The van der Waals surface area contributed by atoms with Crippen molar-refractivity contribution < 1.29 is 19.1 Å². The number of carbonyl (C=O) groups excluding carboxylic acids is 2. The molecule has 0 radical (unpaired) electrons. The largest absolute Gasteiger partial charge is 0.466 e. The zero-order chi connectivity index (χ0) is 16.8. The van der Waals surface area contributed by atoms with E-state index in [1.54, 1.807) is 0 Å². The summed E-state index contributed by atoms with van der Waals surface area (Å²) < 4.78 is 10.2. The van der Waals surface area contributed by atoms with Crippen molar-refractivity contribution in [3.8, 4) is 0 Å². The molecule has 0 rings (SSSR count). The molecule has 22 heavy (non-hydrogen) atoms. The second-order valence-electron chi connectivity index (χ2n) is 5.71. The van der Waals surface area contributed by atoms with Gasteiger partial charge in [-0.25, -0.2) is 0 Å². The SMILES string of the molecule is CCOC(=O)C(CC)CCCCCCC(CC)C(=O)OCC. The molecule has 4 nitrogen and oxygen atoms in total. The summed E-state index contributed by atoms with van der Waals surface area (Å²) in [6.45, 7) is 8.68. The van der Waals surface area contributed by atoms with Gasteiger partial charge in [0.25, 0.3) is 0 Å². The predicted octanol–water partition coefficient (Wildman–Crippen LogP) is 4.51. The minimum Gasteiger partial charge on any atom is -0.466 e. The van der Waals surface area contributed by atoms with Crippen LogP contribution in [0.4, 0.5) is 0 Å². The number of rotatable bonds is 13. The first-order chi connectivity index (χ1) is 10.6. The van der Waals surface area contributed by atoms with E-state index in [4.69, 9.17) is 9.47 Å². The Labute approximate surface area is 135 Å². The van der Waals surface area contributed by atoms with Crippen LogP contribution in [0.25, 0.3) is 0 Å². The molecule has 2 atom stereocenters. The van der Waals surface area contributed by atoms with Gasteiger partial charge in [0.2, 0.25) is 0 Å². The minimum atomic E-state index is -0.0571. The molecule has 130 valence electrons. The fraction of sp³-hybridized carbons (Fsp3) is 0.889. The Hall–Kier alpha value is -1.06. The van der Waals surface area contributed by atoms with E-state index < -0.39 is 0 Å². The summed E-state index contributed by atoms with van der Waals surface area (Å²) >= 11 is 0. The van der Waals surface area contributed by atoms with E-state index in [-0.39, 0.29) is 23.8 Å². The molecular formula is C18H34O4. The predicted molar refractivity (Wildman–Crippen MR) is 88.5 cm³/mol. The number of esters is 2. The van der Waals surface area contributed by atoms with Crippen molar-refractivity contribution in [2.45, 2.75) is 79.1 Å². The highest BCUT2D eigenvalue weighted by Crippen LogP contribution is 2.19. The van der Waals surface area contributed by atoms with Crippen molar-refractivity contribution in [3.63, 3.8) is 0 Å². The van der Waals surface area contributed by atoms with E-state index in [9.17, 15) is 9.59 Å². The molecular weight excluding hydrogens is 280 g/mol. The highest BCUT2D eigenvalue weighted by Gasteiger charge is 2.18. The summed E-state index contributed by atoms with van der Waals surface area (Å²) in [5.41, 5.74) is 0. The Balaban J connectivity index is 3.79. The van der Waals surface area contributed by atoms with Crippen molar-refractivity contribution in [3.05, 3.63) is 0 Å². The molecule has 0 heterocycles. The molecule has 4 heteroatoms. The first kappa shape index (κ1) is 20.9. The lowest BCUT2D eigenvalue weighted by Gasteiger charge is -2.14. The quantitative estimate of drug-likeness (QED) is 0.371. The number of unbranched alkanes of at least 4 members (excludes halogenated alkanes) is 3. The highest BCUT2D eigenvalue weighted by atomic mass is 16.5. The van der Waals surface area contributed by atoms with E-state index in [1.807, 2.05) is 27.7 Å². The Morgan fingerprint density at radius 2 is 1.05 bits per heavy atom. The molecule has 0 fully saturated rings. The average Bonchev–Trinajstić information content (AvgIpc) is 2.50. The van der Waals surface area contributed by atoms with Gasteiger partial charge >= 0.3 is 11.9 Å². The third-order valence-electron chi connectivity index (χ3n) is 4.08. The molecule has 0 saturated heterocycles. The summed E-state index contributed by atoms with van der Waals surface area (Å²) in [6.07, 6.45) is 7.82. The minimum absolute atomic E-state index is 0.0443. The Morgan fingerprint density at radius 3 is 1.32 bits per heavy atom. The van der Waals surface area contributed by atoms with Gasteiger partial charge in [-0.15, -0.1) is 0 Å². The van der Waals surface area contributed by atoms with E-state index in [0.717, 1.165) is 51.4 Å². The summed E-state index contributed by atoms with van der Waals surface area (Å²) in [7, 11) is 0. The van der Waals surface area contributed by atoms with Crippen LogP contribution in [-0.2, 0) is 19.1 Å². The van der Waals surface area contributed by atoms with Crippen molar-refractivity contribution in [1.82, 2.24) is 0 Å². The van der Waals surface area contributed by atoms with E-state index in [1.165, 1.54) is 0 Å². The van der Waals surface area contributed by atoms with Gasteiger partial charge in [0.05, 0.1) is 25.0 Å². The van der Waals surface area contributed by atoms with Gasteiger partial charge in [0, 0.05) is 0 Å². The number of hydrogen-bond donors (Lipinski definition) is 0. The molecule has 0 aliphatic heterocycles. The molecule has 0 N–H and O–H groups in total. The van der Waals surface area contributed by atoms with Gasteiger partial charge in [-0.1, -0.05) is 39.5 Å². The second kappa shape index (κ2) is 13.6.